The molecule has 0 bridgehead atoms. The fourth-order valence-electron chi connectivity index (χ4n) is 2.65. The summed E-state index contributed by atoms with van der Waals surface area (Å²) in [6.07, 6.45) is 0.166. The minimum atomic E-state index is -1.11. The first kappa shape index (κ1) is 15.9. The third-order valence-corrected chi connectivity index (χ3v) is 3.81. The predicted octanol–water partition coefficient (Wildman–Crippen LogP) is 2.37. The highest BCUT2D eigenvalue weighted by molar-refractivity contribution is 5.68. The minimum absolute atomic E-state index is 0.0298. The summed E-state index contributed by atoms with van der Waals surface area (Å²) in [6.45, 7) is 0. The van der Waals surface area contributed by atoms with Gasteiger partial charge in [-0.2, -0.15) is 0 Å². The van der Waals surface area contributed by atoms with Crippen LogP contribution in [-0.2, 0) is 0 Å². The van der Waals surface area contributed by atoms with Gasteiger partial charge < -0.3 is 29.2 Å². The third-order valence-electron chi connectivity index (χ3n) is 3.81. The van der Waals surface area contributed by atoms with Gasteiger partial charge in [0.25, 0.3) is 0 Å². The van der Waals surface area contributed by atoms with Crippen LogP contribution in [0.25, 0.3) is 17.4 Å². The van der Waals surface area contributed by atoms with E-state index in [-0.39, 0.29) is 46.5 Å². The monoisotopic (exact) mass is 332 g/mol. The number of phenols is 1. The van der Waals surface area contributed by atoms with Crippen molar-refractivity contribution in [3.05, 3.63) is 45.5 Å². The molecule has 0 spiro atoms. The fourth-order valence-corrected chi connectivity index (χ4v) is 2.65. The van der Waals surface area contributed by atoms with Gasteiger partial charge in [-0.05, 0) is 12.1 Å². The molecule has 1 aliphatic carbocycles. The van der Waals surface area contributed by atoms with Crippen LogP contribution in [0.4, 0.5) is 0 Å². The van der Waals surface area contributed by atoms with Crippen LogP contribution in [0.3, 0.4) is 0 Å². The number of phenolic OH excluding ortho intramolecular Hbond substituents is 1. The van der Waals surface area contributed by atoms with E-state index < -0.39 is 11.5 Å². The number of methoxy groups -OCH3 is 2. The van der Waals surface area contributed by atoms with Gasteiger partial charge in [0.05, 0.1) is 31.6 Å². The van der Waals surface area contributed by atoms with E-state index in [4.69, 9.17) is 13.9 Å². The van der Waals surface area contributed by atoms with Crippen LogP contribution in [-0.4, -0.2) is 29.5 Å². The molecular formula is C17H16O7. The Balaban J connectivity index is 2.21. The molecule has 1 heterocycles. The Labute approximate surface area is 137 Å². The minimum Gasteiger partial charge on any atom is -0.512 e. The summed E-state index contributed by atoms with van der Waals surface area (Å²) in [4.78, 5) is 12.3. The molecule has 1 atom stereocenters. The van der Waals surface area contributed by atoms with Crippen LogP contribution in [0.5, 0.6) is 17.2 Å². The molecule has 1 aromatic heterocycles. The van der Waals surface area contributed by atoms with Crippen LogP contribution in [0.15, 0.2) is 33.2 Å². The van der Waals surface area contributed by atoms with Gasteiger partial charge in [0.15, 0.2) is 16.9 Å². The predicted molar refractivity (Wildman–Crippen MR) is 85.4 cm³/mol. The average Bonchev–Trinajstić information content (AvgIpc) is 2.53. The number of ether oxygens (including phenoxy) is 2. The summed E-state index contributed by atoms with van der Waals surface area (Å²) >= 11 is 0. The maximum absolute atomic E-state index is 12.3. The van der Waals surface area contributed by atoms with Crippen molar-refractivity contribution in [2.45, 2.75) is 12.5 Å². The Morgan fingerprint density at radius 3 is 2.33 bits per heavy atom. The molecule has 0 aliphatic heterocycles. The van der Waals surface area contributed by atoms with Crippen molar-refractivity contribution in [2.75, 3.05) is 14.2 Å². The molecule has 7 nitrogen and oxygen atoms in total. The molecule has 3 N–H and O–H groups in total. The number of aromatic hydroxyl groups is 1. The van der Waals surface area contributed by atoms with Gasteiger partial charge in [-0.25, -0.2) is 0 Å². The first-order valence-electron chi connectivity index (χ1n) is 7.15. The van der Waals surface area contributed by atoms with E-state index in [2.05, 4.69) is 0 Å². The summed E-state index contributed by atoms with van der Waals surface area (Å²) in [5, 5.41) is 29.5. The van der Waals surface area contributed by atoms with Gasteiger partial charge in [-0.15, -0.1) is 0 Å². The van der Waals surface area contributed by atoms with E-state index >= 15 is 0 Å². The molecule has 1 aromatic carbocycles. The van der Waals surface area contributed by atoms with Gasteiger partial charge in [0, 0.05) is 24.1 Å². The lowest BCUT2D eigenvalue weighted by Gasteiger charge is -2.18. The number of aliphatic hydroxyl groups excluding tert-OH is 2. The lowest BCUT2D eigenvalue weighted by atomic mass is 9.97. The molecule has 0 amide bonds. The molecule has 2 aromatic rings. The lowest BCUT2D eigenvalue weighted by Crippen LogP contribution is -2.18. The summed E-state index contributed by atoms with van der Waals surface area (Å²) in [6, 6.07) is 4.22. The van der Waals surface area contributed by atoms with E-state index in [1.807, 2.05) is 0 Å². The second-order valence-electron chi connectivity index (χ2n) is 5.34. The highest BCUT2D eigenvalue weighted by Crippen LogP contribution is 2.41. The van der Waals surface area contributed by atoms with Crippen molar-refractivity contribution in [3.63, 3.8) is 0 Å². The Morgan fingerprint density at radius 1 is 1.12 bits per heavy atom. The molecule has 0 fully saturated rings. The molecule has 3 rings (SSSR count). The van der Waals surface area contributed by atoms with Gasteiger partial charge in [-0.1, -0.05) is 0 Å². The number of hydrogen-bond donors (Lipinski definition) is 3. The van der Waals surface area contributed by atoms with Crippen molar-refractivity contribution in [2.24, 2.45) is 0 Å². The molecule has 7 heteroatoms. The Morgan fingerprint density at radius 2 is 1.75 bits per heavy atom. The fraction of sp³-hybridized carbons (Fsp3) is 0.235. The van der Waals surface area contributed by atoms with Gasteiger partial charge in [-0.3, -0.25) is 4.79 Å². The SMILES string of the molecule is COc1cc(-c2cc(=O)c3c(o2)C=C(O)C[C@H]3O)cc(OC)c1O. The lowest BCUT2D eigenvalue weighted by molar-refractivity contribution is 0.154. The zero-order valence-corrected chi connectivity index (χ0v) is 13.1. The van der Waals surface area contributed by atoms with Crippen LogP contribution in [0.1, 0.15) is 23.8 Å². The quantitative estimate of drug-likeness (QED) is 0.791. The van der Waals surface area contributed by atoms with Crippen molar-refractivity contribution in [1.82, 2.24) is 0 Å². The van der Waals surface area contributed by atoms with Gasteiger partial charge >= 0.3 is 0 Å². The van der Waals surface area contributed by atoms with E-state index in [9.17, 15) is 20.1 Å². The van der Waals surface area contributed by atoms with Crippen molar-refractivity contribution >= 4 is 6.08 Å². The highest BCUT2D eigenvalue weighted by Gasteiger charge is 2.25. The Hall–Kier alpha value is -2.93. The standard InChI is InChI=1S/C17H16O7/c1-22-14-3-8(4-15(23-2)17(14)21)12-7-11(20)16-10(19)5-9(18)6-13(16)24-12/h3-4,6-7,10,18-19,21H,5H2,1-2H3/t10-/m1/s1. The summed E-state index contributed by atoms with van der Waals surface area (Å²) < 4.78 is 15.8. The normalized spacial score (nSPS) is 16.3. The summed E-state index contributed by atoms with van der Waals surface area (Å²) in [5.41, 5.74) is 0.136. The average molecular weight is 332 g/mol. The maximum atomic E-state index is 12.3. The maximum Gasteiger partial charge on any atom is 0.200 e. The largest absolute Gasteiger partial charge is 0.512 e. The number of fused-ring (bicyclic) bond motifs is 1. The smallest absolute Gasteiger partial charge is 0.200 e. The summed E-state index contributed by atoms with van der Waals surface area (Å²) in [5.74, 6) is 0.354. The molecule has 126 valence electrons. The molecule has 0 saturated carbocycles. The first-order chi connectivity index (χ1) is 11.4. The Bertz CT molecular complexity index is 854. The van der Waals surface area contributed by atoms with Crippen LogP contribution in [0.2, 0.25) is 0 Å². The van der Waals surface area contributed by atoms with E-state index in [0.29, 0.717) is 5.56 Å². The second-order valence-corrected chi connectivity index (χ2v) is 5.34. The number of rotatable bonds is 3. The van der Waals surface area contributed by atoms with E-state index in [0.717, 1.165) is 0 Å². The zero-order valence-electron chi connectivity index (χ0n) is 13.1. The zero-order chi connectivity index (χ0) is 17.4. The molecule has 0 saturated heterocycles. The second kappa shape index (κ2) is 5.93. The first-order valence-corrected chi connectivity index (χ1v) is 7.15. The highest BCUT2D eigenvalue weighted by atomic mass is 16.5. The topological polar surface area (TPSA) is 109 Å². The molecule has 0 unspecified atom stereocenters. The van der Waals surface area contributed by atoms with Crippen molar-refractivity contribution in [1.29, 1.82) is 0 Å². The van der Waals surface area contributed by atoms with Crippen LogP contribution >= 0.6 is 0 Å². The Kier molecular flexibility index (Phi) is 3.94. The van der Waals surface area contributed by atoms with Crippen LogP contribution < -0.4 is 14.9 Å². The number of aliphatic hydroxyl groups is 2. The molecule has 24 heavy (non-hydrogen) atoms. The van der Waals surface area contributed by atoms with Crippen molar-refractivity contribution < 1.29 is 29.2 Å². The molecule has 0 radical (unpaired) electrons. The third kappa shape index (κ3) is 2.59. The molecule has 1 aliphatic rings. The summed E-state index contributed by atoms with van der Waals surface area (Å²) in [7, 11) is 2.77. The number of benzene rings is 1. The van der Waals surface area contributed by atoms with Crippen molar-refractivity contribution in [3.8, 4) is 28.6 Å². The molecular weight excluding hydrogens is 316 g/mol. The number of hydrogen-bond acceptors (Lipinski definition) is 7. The van der Waals surface area contributed by atoms with E-state index in [1.165, 1.54) is 38.5 Å². The van der Waals surface area contributed by atoms with E-state index in [1.54, 1.807) is 0 Å². The van der Waals surface area contributed by atoms with Gasteiger partial charge in [0.1, 0.15) is 11.5 Å². The van der Waals surface area contributed by atoms with Crippen LogP contribution in [0, 0.1) is 0 Å². The van der Waals surface area contributed by atoms with Gasteiger partial charge in [0.2, 0.25) is 5.75 Å².